The molecule has 3 N–H and O–H groups in total. The highest BCUT2D eigenvalue weighted by molar-refractivity contribution is 14.1. The predicted molar refractivity (Wildman–Crippen MR) is 77.6 cm³/mol. The molecule has 0 amide bonds. The van der Waals surface area contributed by atoms with E-state index in [1.165, 1.54) is 12.1 Å². The van der Waals surface area contributed by atoms with Gasteiger partial charge in [-0.25, -0.2) is 17.9 Å². The Kier molecular flexibility index (Phi) is 5.71. The van der Waals surface area contributed by atoms with Gasteiger partial charge in [-0.1, -0.05) is 6.92 Å². The summed E-state index contributed by atoms with van der Waals surface area (Å²) in [7, 11) is -3.81. The number of aromatic carboxylic acids is 1. The van der Waals surface area contributed by atoms with E-state index in [1.54, 1.807) is 6.92 Å². The minimum atomic E-state index is -3.81. The van der Waals surface area contributed by atoms with Gasteiger partial charge in [0.15, 0.2) is 0 Å². The number of rotatable bonds is 6. The van der Waals surface area contributed by atoms with E-state index in [0.717, 1.165) is 6.07 Å². The number of carboxylic acid groups (broad SMARTS) is 1. The van der Waals surface area contributed by atoms with Crippen molar-refractivity contribution in [2.24, 2.45) is 0 Å². The molecule has 1 atom stereocenters. The highest BCUT2D eigenvalue weighted by atomic mass is 127. The van der Waals surface area contributed by atoms with E-state index in [0.29, 0.717) is 9.99 Å². The summed E-state index contributed by atoms with van der Waals surface area (Å²) in [5, 5.41) is 18.3. The van der Waals surface area contributed by atoms with E-state index in [-0.39, 0.29) is 17.0 Å². The van der Waals surface area contributed by atoms with Crippen molar-refractivity contribution < 1.29 is 23.4 Å². The monoisotopic (exact) mass is 399 g/mol. The second-order valence-corrected chi connectivity index (χ2v) is 6.79. The van der Waals surface area contributed by atoms with Gasteiger partial charge in [0, 0.05) is 10.1 Å². The van der Waals surface area contributed by atoms with Gasteiger partial charge in [-0.05, 0) is 47.2 Å². The van der Waals surface area contributed by atoms with Crippen molar-refractivity contribution in [3.63, 3.8) is 0 Å². The molecule has 0 spiro atoms. The van der Waals surface area contributed by atoms with Crippen LogP contribution in [0.3, 0.4) is 0 Å². The summed E-state index contributed by atoms with van der Waals surface area (Å²) in [6.07, 6.45) is -0.340. The molecule has 1 unspecified atom stereocenters. The Morgan fingerprint density at radius 1 is 1.47 bits per heavy atom. The maximum Gasteiger partial charge on any atom is 0.336 e. The first-order chi connectivity index (χ1) is 8.77. The molecule has 0 radical (unpaired) electrons. The van der Waals surface area contributed by atoms with Crippen LogP contribution in [0.15, 0.2) is 23.1 Å². The van der Waals surface area contributed by atoms with Crippen LogP contribution in [-0.4, -0.2) is 37.2 Å². The van der Waals surface area contributed by atoms with Crippen molar-refractivity contribution in [3.8, 4) is 0 Å². The van der Waals surface area contributed by atoms with Crippen LogP contribution in [0.4, 0.5) is 0 Å². The molecule has 0 fully saturated rings. The summed E-state index contributed by atoms with van der Waals surface area (Å²) in [6.45, 7) is 1.62. The fourth-order valence-electron chi connectivity index (χ4n) is 1.27. The number of carbonyl (C=O) groups is 1. The molecule has 1 aromatic carbocycles. The van der Waals surface area contributed by atoms with E-state index in [1.807, 2.05) is 22.6 Å². The number of aliphatic hydroxyl groups is 1. The van der Waals surface area contributed by atoms with Crippen molar-refractivity contribution in [1.29, 1.82) is 0 Å². The summed E-state index contributed by atoms with van der Waals surface area (Å²) >= 11 is 1.82. The minimum absolute atomic E-state index is 0.0699. The standard InChI is InChI=1S/C11H14INO5S/c1-2-7(14)6-13-19(17,18)8-3-4-10(12)9(5-8)11(15)16/h3-5,7,13-14H,2,6H2,1H3,(H,15,16). The van der Waals surface area contributed by atoms with Gasteiger partial charge in [-0.3, -0.25) is 0 Å². The minimum Gasteiger partial charge on any atom is -0.478 e. The summed E-state index contributed by atoms with van der Waals surface area (Å²) in [6, 6.07) is 3.86. The van der Waals surface area contributed by atoms with Crippen LogP contribution in [0.5, 0.6) is 0 Å². The molecule has 8 heteroatoms. The van der Waals surface area contributed by atoms with Crippen molar-refractivity contribution in [2.75, 3.05) is 6.54 Å². The number of benzene rings is 1. The van der Waals surface area contributed by atoms with Crippen LogP contribution in [0, 0.1) is 3.57 Å². The van der Waals surface area contributed by atoms with E-state index < -0.39 is 22.1 Å². The summed E-state index contributed by atoms with van der Waals surface area (Å²) in [5.74, 6) is -1.19. The zero-order chi connectivity index (χ0) is 14.6. The van der Waals surface area contributed by atoms with Crippen LogP contribution < -0.4 is 4.72 Å². The van der Waals surface area contributed by atoms with Crippen molar-refractivity contribution in [2.45, 2.75) is 24.3 Å². The summed E-state index contributed by atoms with van der Waals surface area (Å²) in [4.78, 5) is 10.8. The molecule has 0 saturated heterocycles. The second kappa shape index (κ2) is 6.64. The molecular formula is C11H14INO5S. The number of hydrogen-bond acceptors (Lipinski definition) is 4. The van der Waals surface area contributed by atoms with Gasteiger partial charge in [0.1, 0.15) is 0 Å². The molecule has 0 aromatic heterocycles. The average Bonchev–Trinajstić information content (AvgIpc) is 2.35. The van der Waals surface area contributed by atoms with Crippen LogP contribution in [0.1, 0.15) is 23.7 Å². The van der Waals surface area contributed by atoms with Crippen molar-refractivity contribution in [1.82, 2.24) is 4.72 Å². The number of sulfonamides is 1. The highest BCUT2D eigenvalue weighted by Gasteiger charge is 2.18. The van der Waals surface area contributed by atoms with Crippen molar-refractivity contribution >= 4 is 38.6 Å². The Morgan fingerprint density at radius 2 is 2.11 bits per heavy atom. The Balaban J connectivity index is 3.02. The Hall–Kier alpha value is -0.710. The topological polar surface area (TPSA) is 104 Å². The quantitative estimate of drug-likeness (QED) is 0.621. The lowest BCUT2D eigenvalue weighted by molar-refractivity contribution is 0.0695. The van der Waals surface area contributed by atoms with Crippen molar-refractivity contribution in [3.05, 3.63) is 27.3 Å². The largest absolute Gasteiger partial charge is 0.478 e. The second-order valence-electron chi connectivity index (χ2n) is 3.86. The number of nitrogens with one attached hydrogen (secondary N) is 1. The molecule has 0 aliphatic rings. The van der Waals surface area contributed by atoms with Gasteiger partial charge in [-0.15, -0.1) is 0 Å². The smallest absolute Gasteiger partial charge is 0.336 e. The summed E-state index contributed by atoms with van der Waals surface area (Å²) < 4.78 is 26.5. The van der Waals surface area contributed by atoms with Gasteiger partial charge in [-0.2, -0.15) is 0 Å². The molecule has 19 heavy (non-hydrogen) atoms. The first kappa shape index (κ1) is 16.3. The van der Waals surface area contributed by atoms with E-state index in [2.05, 4.69) is 4.72 Å². The fourth-order valence-corrected chi connectivity index (χ4v) is 2.93. The number of carboxylic acids is 1. The SMILES string of the molecule is CCC(O)CNS(=O)(=O)c1ccc(I)c(C(=O)O)c1. The average molecular weight is 399 g/mol. The number of aliphatic hydroxyl groups excluding tert-OH is 1. The van der Waals surface area contributed by atoms with Gasteiger partial charge in [0.25, 0.3) is 0 Å². The zero-order valence-electron chi connectivity index (χ0n) is 10.1. The van der Waals surface area contributed by atoms with Gasteiger partial charge >= 0.3 is 5.97 Å². The van der Waals surface area contributed by atoms with E-state index >= 15 is 0 Å². The lowest BCUT2D eigenvalue weighted by Crippen LogP contribution is -2.31. The molecule has 106 valence electrons. The Morgan fingerprint density at radius 3 is 2.63 bits per heavy atom. The molecular weight excluding hydrogens is 385 g/mol. The maximum atomic E-state index is 11.9. The normalized spacial score (nSPS) is 13.2. The lowest BCUT2D eigenvalue weighted by Gasteiger charge is -2.11. The van der Waals surface area contributed by atoms with E-state index in [4.69, 9.17) is 5.11 Å². The van der Waals surface area contributed by atoms with Crippen LogP contribution in [-0.2, 0) is 10.0 Å². The van der Waals surface area contributed by atoms with Crippen LogP contribution in [0.25, 0.3) is 0 Å². The van der Waals surface area contributed by atoms with Gasteiger partial charge in [0.05, 0.1) is 16.6 Å². The van der Waals surface area contributed by atoms with Gasteiger partial charge in [0.2, 0.25) is 10.0 Å². The first-order valence-electron chi connectivity index (χ1n) is 5.48. The summed E-state index contributed by atoms with van der Waals surface area (Å²) in [5.41, 5.74) is -0.0699. The Bertz CT molecular complexity index is 572. The van der Waals surface area contributed by atoms with E-state index in [9.17, 15) is 18.3 Å². The third kappa shape index (κ3) is 4.41. The zero-order valence-corrected chi connectivity index (χ0v) is 13.1. The highest BCUT2D eigenvalue weighted by Crippen LogP contribution is 2.18. The molecule has 6 nitrogen and oxygen atoms in total. The van der Waals surface area contributed by atoms with Crippen LogP contribution in [0.2, 0.25) is 0 Å². The molecule has 0 aliphatic carbocycles. The number of halogens is 1. The fraction of sp³-hybridized carbons (Fsp3) is 0.364. The molecule has 1 rings (SSSR count). The molecule has 0 saturated carbocycles. The maximum absolute atomic E-state index is 11.9. The van der Waals surface area contributed by atoms with Gasteiger partial charge < -0.3 is 10.2 Å². The third-order valence-electron chi connectivity index (χ3n) is 2.46. The molecule has 0 aliphatic heterocycles. The first-order valence-corrected chi connectivity index (χ1v) is 8.04. The molecule has 1 aromatic rings. The van der Waals surface area contributed by atoms with Crippen LogP contribution >= 0.6 is 22.6 Å². The predicted octanol–water partition coefficient (Wildman–Crippen LogP) is 1.04. The molecule has 0 bridgehead atoms. The molecule has 0 heterocycles. The number of hydrogen-bond donors (Lipinski definition) is 3. The lowest BCUT2D eigenvalue weighted by atomic mass is 10.2. The third-order valence-corrected chi connectivity index (χ3v) is 4.82. The Labute approximate surface area is 125 Å².